The van der Waals surface area contributed by atoms with Gasteiger partial charge in [-0.15, -0.1) is 0 Å². The zero-order chi connectivity index (χ0) is 24.0. The summed E-state index contributed by atoms with van der Waals surface area (Å²) >= 11 is 0. The van der Waals surface area contributed by atoms with E-state index < -0.39 is 0 Å². The van der Waals surface area contributed by atoms with E-state index in [4.69, 9.17) is 0 Å². The molecule has 3 aliphatic rings. The lowest BCUT2D eigenvalue weighted by molar-refractivity contribution is -0.115. The average molecular weight is 449 g/mol. The van der Waals surface area contributed by atoms with E-state index in [1.807, 2.05) is 0 Å². The van der Waals surface area contributed by atoms with E-state index in [1.165, 1.54) is 22.5 Å². The first-order valence-electron chi connectivity index (χ1n) is 12.2. The highest BCUT2D eigenvalue weighted by atomic mass is 16.1. The van der Waals surface area contributed by atoms with Gasteiger partial charge in [0.1, 0.15) is 0 Å². The van der Waals surface area contributed by atoms with E-state index in [-0.39, 0.29) is 28.6 Å². The Bertz CT molecular complexity index is 1380. The molecule has 0 spiro atoms. The van der Waals surface area contributed by atoms with Crippen molar-refractivity contribution in [2.24, 2.45) is 0 Å². The molecule has 3 aromatic rings. The van der Waals surface area contributed by atoms with Crippen LogP contribution in [0.5, 0.6) is 0 Å². The van der Waals surface area contributed by atoms with Crippen LogP contribution in [0.2, 0.25) is 0 Å². The zero-order valence-electron chi connectivity index (χ0n) is 20.9. The molecule has 0 saturated heterocycles. The van der Waals surface area contributed by atoms with E-state index >= 15 is 0 Å². The molecule has 2 heterocycles. The minimum absolute atomic E-state index is 0.0499. The minimum atomic E-state index is -0.252. The van der Waals surface area contributed by atoms with Crippen molar-refractivity contribution < 1.29 is 4.79 Å². The number of rotatable bonds is 1. The summed E-state index contributed by atoms with van der Waals surface area (Å²) in [5, 5.41) is 0. The van der Waals surface area contributed by atoms with Gasteiger partial charge in [0.15, 0.2) is 5.78 Å². The van der Waals surface area contributed by atoms with Crippen LogP contribution in [-0.4, -0.2) is 25.9 Å². The number of hydrogen-bond acceptors (Lipinski definition) is 3. The van der Waals surface area contributed by atoms with Crippen molar-refractivity contribution in [3.63, 3.8) is 0 Å². The summed E-state index contributed by atoms with van der Waals surface area (Å²) in [4.78, 5) is 19.2. The Morgan fingerprint density at radius 2 is 1.32 bits per heavy atom. The Morgan fingerprint density at radius 3 is 2.00 bits per heavy atom. The lowest BCUT2D eigenvalue weighted by Gasteiger charge is -2.36. The lowest BCUT2D eigenvalue weighted by Crippen LogP contribution is -2.45. The first-order valence-corrected chi connectivity index (χ1v) is 12.2. The molecule has 172 valence electrons. The number of hydrogen-bond donors (Lipinski definition) is 0. The van der Waals surface area contributed by atoms with Crippen molar-refractivity contribution in [1.82, 2.24) is 0 Å². The van der Waals surface area contributed by atoms with E-state index in [0.29, 0.717) is 0 Å². The van der Waals surface area contributed by atoms with Gasteiger partial charge in [-0.2, -0.15) is 0 Å². The zero-order valence-corrected chi connectivity index (χ0v) is 20.9. The second kappa shape index (κ2) is 6.85. The molecule has 0 amide bonds. The number of anilines is 2. The van der Waals surface area contributed by atoms with Crippen molar-refractivity contribution >= 4 is 22.7 Å². The summed E-state index contributed by atoms with van der Waals surface area (Å²) in [7, 11) is 4.27. The van der Waals surface area contributed by atoms with Gasteiger partial charge in [-0.1, -0.05) is 88.4 Å². The third-order valence-corrected chi connectivity index (χ3v) is 8.65. The summed E-state index contributed by atoms with van der Waals surface area (Å²) in [6.45, 7) is 9.09. The first kappa shape index (κ1) is 21.2. The van der Waals surface area contributed by atoms with Gasteiger partial charge >= 0.3 is 0 Å². The monoisotopic (exact) mass is 448 g/mol. The number of likely N-dealkylation sites (N-methyl/N-ethyl adjacent to an activating group) is 2. The molecule has 2 atom stereocenters. The van der Waals surface area contributed by atoms with Crippen LogP contribution in [0.15, 0.2) is 78.5 Å². The molecule has 0 radical (unpaired) electrons. The molecule has 0 N–H and O–H groups in total. The van der Waals surface area contributed by atoms with Crippen molar-refractivity contribution in [1.29, 1.82) is 0 Å². The second-order valence-corrected chi connectivity index (χ2v) is 11.1. The second-order valence-electron chi connectivity index (χ2n) is 11.1. The average Bonchev–Trinajstić information content (AvgIpc) is 3.29. The topological polar surface area (TPSA) is 23.6 Å². The number of ketones is 1. The molecule has 1 aliphatic carbocycles. The van der Waals surface area contributed by atoms with Gasteiger partial charge in [-0.05, 0) is 34.4 Å². The molecule has 0 saturated carbocycles. The number of nitrogens with zero attached hydrogens (tertiary/aromatic N) is 2. The standard InChI is InChI=1S/C31H32N2O/c1-30(2)21-15-9-11-17-23(21)32(5)28(30)25-19-13-7-8-14-20(19)26(27(25)34)29-31(3,4)22-16-10-12-18-24(22)33(29)6/h7-18,25,28H,1-6H3/b29-26+. The molecule has 0 fully saturated rings. The predicted molar refractivity (Wildman–Crippen MR) is 141 cm³/mol. The van der Waals surface area contributed by atoms with Crippen LogP contribution in [0.4, 0.5) is 11.4 Å². The number of carbonyl (C=O) groups is 1. The van der Waals surface area contributed by atoms with Crippen LogP contribution in [0.1, 0.15) is 55.9 Å². The minimum Gasteiger partial charge on any atom is -0.369 e. The summed E-state index contributed by atoms with van der Waals surface area (Å²) in [6, 6.07) is 25.7. The predicted octanol–water partition coefficient (Wildman–Crippen LogP) is 6.29. The van der Waals surface area contributed by atoms with Gasteiger partial charge in [-0.25, -0.2) is 0 Å². The molecule has 2 unspecified atom stereocenters. The normalized spacial score (nSPS) is 26.0. The van der Waals surface area contributed by atoms with Crippen molar-refractivity contribution in [3.05, 3.63) is 101 Å². The van der Waals surface area contributed by atoms with Crippen molar-refractivity contribution in [2.75, 3.05) is 23.9 Å². The fourth-order valence-electron chi connectivity index (χ4n) is 7.18. The Balaban J connectivity index is 1.58. The largest absolute Gasteiger partial charge is 0.369 e. The summed E-state index contributed by atoms with van der Waals surface area (Å²) in [5.74, 6) is 0.0423. The van der Waals surface area contributed by atoms with Gasteiger partial charge in [0.05, 0.1) is 12.0 Å². The Hall–Kier alpha value is -3.33. The highest BCUT2D eigenvalue weighted by Gasteiger charge is 2.54. The van der Waals surface area contributed by atoms with E-state index in [0.717, 1.165) is 22.4 Å². The molecule has 0 bridgehead atoms. The summed E-state index contributed by atoms with van der Waals surface area (Å²) in [5.41, 5.74) is 8.88. The molecular weight excluding hydrogens is 416 g/mol. The maximum absolute atomic E-state index is 14.6. The molecule has 0 aromatic heterocycles. The van der Waals surface area contributed by atoms with E-state index in [9.17, 15) is 4.79 Å². The SMILES string of the molecule is CN1/C(=C2/C(=O)C(C3N(C)c4ccccc4C3(C)C)c3ccccc32)C(C)(C)c2ccccc21. The highest BCUT2D eigenvalue weighted by molar-refractivity contribution is 6.30. The van der Waals surface area contributed by atoms with Crippen LogP contribution >= 0.6 is 0 Å². The quantitative estimate of drug-likeness (QED) is 0.409. The third-order valence-electron chi connectivity index (χ3n) is 8.65. The van der Waals surface area contributed by atoms with Gasteiger partial charge in [0.25, 0.3) is 0 Å². The first-order chi connectivity index (χ1) is 16.2. The summed E-state index contributed by atoms with van der Waals surface area (Å²) < 4.78 is 0. The number of fused-ring (bicyclic) bond motifs is 3. The van der Waals surface area contributed by atoms with Gasteiger partial charge in [0, 0.05) is 47.6 Å². The fourth-order valence-corrected chi connectivity index (χ4v) is 7.18. The Labute approximate surface area is 202 Å². The Morgan fingerprint density at radius 1 is 0.735 bits per heavy atom. The maximum Gasteiger partial charge on any atom is 0.174 e. The highest BCUT2D eigenvalue weighted by Crippen LogP contribution is 2.56. The van der Waals surface area contributed by atoms with Crippen LogP contribution in [0, 0.1) is 0 Å². The molecule has 34 heavy (non-hydrogen) atoms. The van der Waals surface area contributed by atoms with Crippen molar-refractivity contribution in [2.45, 2.75) is 50.5 Å². The molecule has 3 nitrogen and oxygen atoms in total. The van der Waals surface area contributed by atoms with Crippen molar-refractivity contribution in [3.8, 4) is 0 Å². The molecule has 2 aliphatic heterocycles. The van der Waals surface area contributed by atoms with E-state index in [2.05, 4.69) is 124 Å². The Kier molecular flexibility index (Phi) is 4.27. The fraction of sp³-hybridized carbons (Fsp3) is 0.323. The van der Waals surface area contributed by atoms with Crippen LogP contribution in [-0.2, 0) is 15.6 Å². The third kappa shape index (κ3) is 2.50. The molecular formula is C31H32N2O. The van der Waals surface area contributed by atoms with Gasteiger partial charge in [-0.3, -0.25) is 4.79 Å². The van der Waals surface area contributed by atoms with Gasteiger partial charge in [0.2, 0.25) is 0 Å². The van der Waals surface area contributed by atoms with Crippen LogP contribution in [0.25, 0.3) is 5.57 Å². The lowest BCUT2D eigenvalue weighted by atomic mass is 9.73. The maximum atomic E-state index is 14.6. The molecule has 3 heteroatoms. The number of para-hydroxylation sites is 2. The number of Topliss-reactive ketones (excluding diaryl/α,β-unsaturated/α-hetero) is 1. The van der Waals surface area contributed by atoms with Gasteiger partial charge < -0.3 is 9.80 Å². The van der Waals surface area contributed by atoms with Crippen LogP contribution < -0.4 is 9.80 Å². The van der Waals surface area contributed by atoms with E-state index in [1.54, 1.807) is 0 Å². The number of allylic oxidation sites excluding steroid dienone is 2. The number of benzene rings is 3. The molecule has 6 rings (SSSR count). The van der Waals surface area contributed by atoms with Crippen LogP contribution in [0.3, 0.4) is 0 Å². The molecule has 3 aromatic carbocycles. The number of carbonyl (C=O) groups excluding carboxylic acids is 1. The summed E-state index contributed by atoms with van der Waals surface area (Å²) in [6.07, 6.45) is 0. The smallest absolute Gasteiger partial charge is 0.174 e.